The molecule has 5 nitrogen and oxygen atoms in total. The maximum atomic E-state index is 10.9. The lowest BCUT2D eigenvalue weighted by molar-refractivity contribution is 0.144. The first-order valence-electron chi connectivity index (χ1n) is 10.9. The molecule has 1 heterocycles. The van der Waals surface area contributed by atoms with Gasteiger partial charge in [-0.1, -0.05) is 44.2 Å². The van der Waals surface area contributed by atoms with Crippen LogP contribution in [0.5, 0.6) is 11.5 Å². The lowest BCUT2D eigenvalue weighted by atomic mass is 9.72. The summed E-state index contributed by atoms with van der Waals surface area (Å²) in [6, 6.07) is 22.3. The lowest BCUT2D eigenvalue weighted by Crippen LogP contribution is -2.35. The molecule has 1 unspecified atom stereocenters. The van der Waals surface area contributed by atoms with Gasteiger partial charge in [0.15, 0.2) is 0 Å². The summed E-state index contributed by atoms with van der Waals surface area (Å²) in [6.45, 7) is 8.50. The fourth-order valence-electron chi connectivity index (χ4n) is 4.40. The Morgan fingerprint density at radius 3 is 2.41 bits per heavy atom. The smallest absolute Gasteiger partial charge is 0.491 e. The summed E-state index contributed by atoms with van der Waals surface area (Å²) in [5.41, 5.74) is 5.50. The van der Waals surface area contributed by atoms with Crippen LogP contribution in [-0.2, 0) is 6.42 Å². The summed E-state index contributed by atoms with van der Waals surface area (Å²) >= 11 is 0. The summed E-state index contributed by atoms with van der Waals surface area (Å²) < 4.78 is 10.6. The second-order valence-electron chi connectivity index (χ2n) is 9.25. The zero-order valence-corrected chi connectivity index (χ0v) is 18.9. The van der Waals surface area contributed by atoms with Crippen LogP contribution in [0.25, 0.3) is 11.1 Å². The summed E-state index contributed by atoms with van der Waals surface area (Å²) in [6.07, 6.45) is -0.340. The van der Waals surface area contributed by atoms with Gasteiger partial charge in [-0.3, -0.25) is 0 Å². The van der Waals surface area contributed by atoms with Gasteiger partial charge >= 0.3 is 6.16 Å². The largest absolute Gasteiger partial charge is 0.511 e. The highest BCUT2D eigenvalue weighted by Gasteiger charge is 2.36. The topological polar surface area (TPSA) is 67.8 Å². The van der Waals surface area contributed by atoms with Crippen molar-refractivity contribution in [3.63, 3.8) is 0 Å². The van der Waals surface area contributed by atoms with E-state index in [-0.39, 0.29) is 17.6 Å². The number of ether oxygens (including phenoxy) is 2. The quantitative estimate of drug-likeness (QED) is 0.338. The number of fused-ring (bicyclic) bond motifs is 1. The van der Waals surface area contributed by atoms with Gasteiger partial charge in [-0.25, -0.2) is 4.79 Å². The summed E-state index contributed by atoms with van der Waals surface area (Å²) in [5.74, 6) is 1.22. The molecule has 0 saturated carbocycles. The second-order valence-corrected chi connectivity index (χ2v) is 9.25. The second kappa shape index (κ2) is 8.58. The van der Waals surface area contributed by atoms with Gasteiger partial charge in [0.25, 0.3) is 0 Å². The Hall–Kier alpha value is -3.47. The normalized spacial score (nSPS) is 16.7. The van der Waals surface area contributed by atoms with E-state index in [4.69, 9.17) is 14.6 Å². The zero-order valence-electron chi connectivity index (χ0n) is 18.9. The highest BCUT2D eigenvalue weighted by molar-refractivity contribution is 5.67. The number of nitrogens with one attached hydrogen (secondary N) is 1. The molecule has 0 amide bonds. The molecule has 4 rings (SSSR count). The van der Waals surface area contributed by atoms with Crippen molar-refractivity contribution in [2.75, 3.05) is 5.32 Å². The molecule has 2 N–H and O–H groups in total. The minimum absolute atomic E-state index is 0.0809. The van der Waals surface area contributed by atoms with E-state index in [1.54, 1.807) is 6.07 Å². The first-order valence-corrected chi connectivity index (χ1v) is 10.9. The Kier molecular flexibility index (Phi) is 5.83. The van der Waals surface area contributed by atoms with Crippen molar-refractivity contribution < 1.29 is 19.4 Å². The molecule has 166 valence electrons. The fraction of sp³-hybridized carbons (Fsp3) is 0.296. The summed E-state index contributed by atoms with van der Waals surface area (Å²) in [4.78, 5) is 10.9. The van der Waals surface area contributed by atoms with Crippen LogP contribution in [0, 0.1) is 5.41 Å². The van der Waals surface area contributed by atoms with Crippen LogP contribution in [0.15, 0.2) is 66.7 Å². The number of hydrogen-bond donors (Lipinski definition) is 2. The Labute approximate surface area is 189 Å². The van der Waals surface area contributed by atoms with Crippen LogP contribution in [0.2, 0.25) is 0 Å². The van der Waals surface area contributed by atoms with Crippen LogP contribution >= 0.6 is 0 Å². The maximum absolute atomic E-state index is 10.9. The van der Waals surface area contributed by atoms with Crippen molar-refractivity contribution in [1.82, 2.24) is 0 Å². The van der Waals surface area contributed by atoms with E-state index in [2.05, 4.69) is 55.6 Å². The van der Waals surface area contributed by atoms with Gasteiger partial charge in [-0.15, -0.1) is 0 Å². The third-order valence-electron chi connectivity index (χ3n) is 5.79. The molecule has 32 heavy (non-hydrogen) atoms. The van der Waals surface area contributed by atoms with Crippen molar-refractivity contribution in [2.45, 2.75) is 46.3 Å². The molecule has 1 atom stereocenters. The molecular weight excluding hydrogens is 402 g/mol. The van der Waals surface area contributed by atoms with E-state index >= 15 is 0 Å². The standard InChI is InChI=1S/C27H29NO4/c1-17(2)31-22-10-8-18(9-11-22)19-6-5-7-20(14-19)25-27(3,4)16-21-15-23(32-26(29)30)12-13-24(21)28-25/h5-15,17,25,28H,16H2,1-4H3,(H,29,30). The first kappa shape index (κ1) is 21.8. The summed E-state index contributed by atoms with van der Waals surface area (Å²) in [7, 11) is 0. The zero-order chi connectivity index (χ0) is 22.9. The number of rotatable bonds is 5. The maximum Gasteiger partial charge on any atom is 0.511 e. The third-order valence-corrected chi connectivity index (χ3v) is 5.79. The van der Waals surface area contributed by atoms with Crippen LogP contribution in [0.1, 0.15) is 44.9 Å². The summed E-state index contributed by atoms with van der Waals surface area (Å²) in [5, 5.41) is 12.6. The predicted molar refractivity (Wildman–Crippen MR) is 127 cm³/mol. The average molecular weight is 432 g/mol. The Bertz CT molecular complexity index is 1120. The molecule has 0 aliphatic carbocycles. The van der Waals surface area contributed by atoms with E-state index in [9.17, 15) is 4.79 Å². The Morgan fingerprint density at radius 2 is 1.72 bits per heavy atom. The van der Waals surface area contributed by atoms with Gasteiger partial charge in [0.1, 0.15) is 11.5 Å². The SMILES string of the molecule is CC(C)Oc1ccc(-c2cccc(C3Nc4ccc(OC(=O)O)cc4CC3(C)C)c2)cc1. The molecule has 0 spiro atoms. The molecular formula is C27H29NO4. The van der Waals surface area contributed by atoms with Crippen molar-refractivity contribution >= 4 is 11.8 Å². The van der Waals surface area contributed by atoms with E-state index in [1.807, 2.05) is 38.1 Å². The fourth-order valence-corrected chi connectivity index (χ4v) is 4.40. The molecule has 0 radical (unpaired) electrons. The molecule has 5 heteroatoms. The van der Waals surface area contributed by atoms with Gasteiger partial charge in [0.2, 0.25) is 0 Å². The van der Waals surface area contributed by atoms with Gasteiger partial charge in [0, 0.05) is 5.69 Å². The Morgan fingerprint density at radius 1 is 1.00 bits per heavy atom. The first-order chi connectivity index (χ1) is 15.2. The van der Waals surface area contributed by atoms with Crippen molar-refractivity contribution in [1.29, 1.82) is 0 Å². The van der Waals surface area contributed by atoms with Gasteiger partial charge in [-0.05, 0) is 84.3 Å². The molecule has 3 aromatic carbocycles. The van der Waals surface area contributed by atoms with Gasteiger partial charge < -0.3 is 19.9 Å². The number of benzene rings is 3. The van der Waals surface area contributed by atoms with Crippen molar-refractivity contribution in [3.05, 3.63) is 77.9 Å². The average Bonchev–Trinajstić information content (AvgIpc) is 2.72. The number of anilines is 1. The van der Waals surface area contributed by atoms with Gasteiger partial charge in [-0.2, -0.15) is 0 Å². The van der Waals surface area contributed by atoms with E-state index in [0.29, 0.717) is 5.75 Å². The van der Waals surface area contributed by atoms with E-state index < -0.39 is 6.16 Å². The Balaban J connectivity index is 1.60. The van der Waals surface area contributed by atoms with E-state index in [1.165, 1.54) is 5.56 Å². The van der Waals surface area contributed by atoms with Crippen LogP contribution in [0.4, 0.5) is 10.5 Å². The van der Waals surface area contributed by atoms with Gasteiger partial charge in [0.05, 0.1) is 12.1 Å². The lowest BCUT2D eigenvalue weighted by Gasteiger charge is -2.41. The minimum atomic E-state index is -1.30. The number of hydrogen-bond acceptors (Lipinski definition) is 4. The molecule has 0 bridgehead atoms. The predicted octanol–water partition coefficient (Wildman–Crippen LogP) is 6.93. The third kappa shape index (κ3) is 4.72. The van der Waals surface area contributed by atoms with Crippen molar-refractivity contribution in [2.24, 2.45) is 5.41 Å². The molecule has 0 saturated heterocycles. The molecule has 1 aliphatic heterocycles. The number of carboxylic acid groups (broad SMARTS) is 1. The molecule has 3 aromatic rings. The van der Waals surface area contributed by atoms with Crippen LogP contribution in [-0.4, -0.2) is 17.4 Å². The highest BCUT2D eigenvalue weighted by atomic mass is 16.7. The monoisotopic (exact) mass is 431 g/mol. The molecule has 0 aromatic heterocycles. The molecule has 0 fully saturated rings. The highest BCUT2D eigenvalue weighted by Crippen LogP contribution is 2.46. The van der Waals surface area contributed by atoms with E-state index in [0.717, 1.165) is 34.5 Å². The minimum Gasteiger partial charge on any atom is -0.491 e. The van der Waals surface area contributed by atoms with Crippen LogP contribution in [0.3, 0.4) is 0 Å². The number of carbonyl (C=O) groups is 1. The molecule has 1 aliphatic rings. The van der Waals surface area contributed by atoms with Crippen LogP contribution < -0.4 is 14.8 Å². The van der Waals surface area contributed by atoms with Crippen molar-refractivity contribution in [3.8, 4) is 22.6 Å².